The van der Waals surface area contributed by atoms with E-state index >= 15 is 0 Å². The first kappa shape index (κ1) is 20.7. The Kier molecular flexibility index (Phi) is 6.96. The van der Waals surface area contributed by atoms with Crippen LogP contribution >= 0.6 is 11.8 Å². The monoisotopic (exact) mass is 404 g/mol. The van der Waals surface area contributed by atoms with E-state index in [-0.39, 0.29) is 12.0 Å². The Morgan fingerprint density at radius 2 is 1.86 bits per heavy atom. The Hall–Kier alpha value is -2.06. The number of hydrogen-bond acceptors (Lipinski definition) is 6. The Morgan fingerprint density at radius 1 is 1.18 bits per heavy atom. The lowest BCUT2D eigenvalue weighted by Gasteiger charge is -2.26. The minimum Gasteiger partial charge on any atom is -0.483 e. The van der Waals surface area contributed by atoms with Crippen molar-refractivity contribution in [1.82, 2.24) is 19.7 Å². The standard InChI is InChI=1S/C20H28N4O3S/c1-14(2)16-5-7-17(8-6-16)27-15(3)19-21-22-20(23(19)4)28-13-18(25)24-9-11-26-12-10-24/h5-8,14-15H,9-13H2,1-4H3. The van der Waals surface area contributed by atoms with E-state index in [1.54, 1.807) is 0 Å². The molecule has 0 bridgehead atoms. The number of amides is 1. The van der Waals surface area contributed by atoms with E-state index < -0.39 is 0 Å². The number of rotatable bonds is 7. The minimum atomic E-state index is -0.244. The third-order valence-electron chi connectivity index (χ3n) is 4.78. The highest BCUT2D eigenvalue weighted by molar-refractivity contribution is 7.99. The smallest absolute Gasteiger partial charge is 0.233 e. The summed E-state index contributed by atoms with van der Waals surface area (Å²) in [5.41, 5.74) is 1.28. The van der Waals surface area contributed by atoms with Crippen molar-refractivity contribution in [3.8, 4) is 5.75 Å². The van der Waals surface area contributed by atoms with Gasteiger partial charge in [0.15, 0.2) is 17.1 Å². The molecule has 8 heteroatoms. The van der Waals surface area contributed by atoms with Crippen LogP contribution in [0.2, 0.25) is 0 Å². The zero-order valence-electron chi connectivity index (χ0n) is 16.9. The summed E-state index contributed by atoms with van der Waals surface area (Å²) < 4.78 is 13.2. The fraction of sp³-hybridized carbons (Fsp3) is 0.550. The zero-order valence-corrected chi connectivity index (χ0v) is 17.7. The quantitative estimate of drug-likeness (QED) is 0.661. The van der Waals surface area contributed by atoms with Gasteiger partial charge in [-0.15, -0.1) is 10.2 Å². The summed E-state index contributed by atoms with van der Waals surface area (Å²) >= 11 is 1.40. The normalized spacial score (nSPS) is 15.7. The van der Waals surface area contributed by atoms with Gasteiger partial charge in [0.25, 0.3) is 0 Å². The summed E-state index contributed by atoms with van der Waals surface area (Å²) in [6.07, 6.45) is -0.244. The van der Waals surface area contributed by atoms with Crippen molar-refractivity contribution in [2.75, 3.05) is 32.1 Å². The molecule has 1 fully saturated rings. The molecule has 1 aliphatic rings. The number of aromatic nitrogens is 3. The van der Waals surface area contributed by atoms with Crippen LogP contribution in [-0.2, 0) is 16.6 Å². The minimum absolute atomic E-state index is 0.104. The van der Waals surface area contributed by atoms with E-state index in [0.717, 1.165) is 11.6 Å². The van der Waals surface area contributed by atoms with Crippen molar-refractivity contribution >= 4 is 17.7 Å². The molecule has 1 amide bonds. The molecule has 0 N–H and O–H groups in total. The van der Waals surface area contributed by atoms with Gasteiger partial charge in [-0.2, -0.15) is 0 Å². The predicted molar refractivity (Wildman–Crippen MR) is 109 cm³/mol. The molecular weight excluding hydrogens is 376 g/mol. The number of morpholine rings is 1. The van der Waals surface area contributed by atoms with Gasteiger partial charge in [0, 0.05) is 20.1 Å². The fourth-order valence-electron chi connectivity index (χ4n) is 3.02. The summed E-state index contributed by atoms with van der Waals surface area (Å²) in [5.74, 6) is 2.47. The van der Waals surface area contributed by atoms with Gasteiger partial charge < -0.3 is 18.9 Å². The number of thioether (sulfide) groups is 1. The highest BCUT2D eigenvalue weighted by Crippen LogP contribution is 2.25. The van der Waals surface area contributed by atoms with Gasteiger partial charge in [0.1, 0.15) is 5.75 Å². The van der Waals surface area contributed by atoms with Crippen LogP contribution in [0.3, 0.4) is 0 Å². The van der Waals surface area contributed by atoms with Gasteiger partial charge in [-0.25, -0.2) is 0 Å². The summed E-state index contributed by atoms with van der Waals surface area (Å²) in [5, 5.41) is 9.21. The lowest BCUT2D eigenvalue weighted by atomic mass is 10.0. The number of carbonyl (C=O) groups is 1. The molecule has 1 aliphatic heterocycles. The van der Waals surface area contributed by atoms with Crippen molar-refractivity contribution in [1.29, 1.82) is 0 Å². The Labute approximate surface area is 170 Å². The Bertz CT molecular complexity index is 785. The molecule has 7 nitrogen and oxygen atoms in total. The first-order valence-electron chi connectivity index (χ1n) is 9.60. The van der Waals surface area contributed by atoms with Crippen LogP contribution in [0, 0.1) is 0 Å². The zero-order chi connectivity index (χ0) is 20.1. The largest absolute Gasteiger partial charge is 0.483 e. The average Bonchev–Trinajstić information content (AvgIpc) is 3.07. The van der Waals surface area contributed by atoms with E-state index in [1.165, 1.54) is 17.3 Å². The molecule has 0 saturated carbocycles. The van der Waals surface area contributed by atoms with Crippen LogP contribution in [0.25, 0.3) is 0 Å². The van der Waals surface area contributed by atoms with Crippen molar-refractivity contribution in [3.63, 3.8) is 0 Å². The van der Waals surface area contributed by atoms with Gasteiger partial charge in [0.2, 0.25) is 5.91 Å². The Balaban J connectivity index is 1.57. The number of nitrogens with zero attached hydrogens (tertiary/aromatic N) is 4. The maximum atomic E-state index is 12.3. The summed E-state index contributed by atoms with van der Waals surface area (Å²) in [7, 11) is 1.90. The van der Waals surface area contributed by atoms with Crippen molar-refractivity contribution in [2.24, 2.45) is 7.05 Å². The van der Waals surface area contributed by atoms with Crippen LogP contribution in [-0.4, -0.2) is 57.6 Å². The van der Waals surface area contributed by atoms with E-state index in [1.807, 2.05) is 35.6 Å². The first-order chi connectivity index (χ1) is 13.5. The van der Waals surface area contributed by atoms with E-state index in [0.29, 0.717) is 43.1 Å². The summed E-state index contributed by atoms with van der Waals surface area (Å²) in [6, 6.07) is 8.14. The lowest BCUT2D eigenvalue weighted by Crippen LogP contribution is -2.41. The van der Waals surface area contributed by atoms with E-state index in [2.05, 4.69) is 36.2 Å². The van der Waals surface area contributed by atoms with Crippen LogP contribution in [0.4, 0.5) is 0 Å². The van der Waals surface area contributed by atoms with Crippen LogP contribution in [0.1, 0.15) is 44.2 Å². The van der Waals surface area contributed by atoms with Crippen LogP contribution < -0.4 is 4.74 Å². The summed E-state index contributed by atoms with van der Waals surface area (Å²) in [4.78, 5) is 14.1. The third-order valence-corrected chi connectivity index (χ3v) is 5.79. The topological polar surface area (TPSA) is 69.5 Å². The fourth-order valence-corrected chi connectivity index (χ4v) is 3.85. The molecule has 3 rings (SSSR count). The maximum absolute atomic E-state index is 12.3. The van der Waals surface area contributed by atoms with Crippen molar-refractivity contribution in [2.45, 2.75) is 37.9 Å². The maximum Gasteiger partial charge on any atom is 0.233 e. The molecular formula is C20H28N4O3S. The number of hydrogen-bond donors (Lipinski definition) is 0. The van der Waals surface area contributed by atoms with Crippen LogP contribution in [0.5, 0.6) is 5.75 Å². The molecule has 0 aliphatic carbocycles. The number of carbonyl (C=O) groups excluding carboxylic acids is 1. The number of benzene rings is 1. The second-order valence-electron chi connectivity index (χ2n) is 7.17. The van der Waals surface area contributed by atoms with Gasteiger partial charge in [-0.05, 0) is 30.5 Å². The van der Waals surface area contributed by atoms with Gasteiger partial charge in [0.05, 0.1) is 19.0 Å². The Morgan fingerprint density at radius 3 is 2.50 bits per heavy atom. The summed E-state index contributed by atoms with van der Waals surface area (Å²) in [6.45, 7) is 8.82. The molecule has 2 heterocycles. The average molecular weight is 405 g/mol. The van der Waals surface area contributed by atoms with Gasteiger partial charge in [-0.3, -0.25) is 4.79 Å². The lowest BCUT2D eigenvalue weighted by molar-refractivity contribution is -0.132. The molecule has 1 aromatic carbocycles. The van der Waals surface area contributed by atoms with E-state index in [4.69, 9.17) is 9.47 Å². The molecule has 1 unspecified atom stereocenters. The van der Waals surface area contributed by atoms with Gasteiger partial charge in [-0.1, -0.05) is 37.7 Å². The molecule has 1 saturated heterocycles. The van der Waals surface area contributed by atoms with Gasteiger partial charge >= 0.3 is 0 Å². The highest BCUT2D eigenvalue weighted by atomic mass is 32.2. The van der Waals surface area contributed by atoms with Crippen molar-refractivity contribution in [3.05, 3.63) is 35.7 Å². The molecule has 2 aromatic rings. The van der Waals surface area contributed by atoms with E-state index in [9.17, 15) is 4.79 Å². The molecule has 1 aromatic heterocycles. The van der Waals surface area contributed by atoms with Crippen LogP contribution in [0.15, 0.2) is 29.4 Å². The molecule has 152 valence electrons. The third kappa shape index (κ3) is 5.05. The SMILES string of the molecule is CC(C)c1ccc(OC(C)c2nnc(SCC(=O)N3CCOCC3)n2C)cc1. The van der Waals surface area contributed by atoms with Crippen molar-refractivity contribution < 1.29 is 14.3 Å². The highest BCUT2D eigenvalue weighted by Gasteiger charge is 2.20. The second-order valence-corrected chi connectivity index (χ2v) is 8.11. The number of ether oxygens (including phenoxy) is 2. The molecule has 1 atom stereocenters. The predicted octanol–water partition coefficient (Wildman–Crippen LogP) is 3.03. The first-order valence-corrected chi connectivity index (χ1v) is 10.6. The second kappa shape index (κ2) is 9.43. The molecule has 0 spiro atoms. The molecule has 28 heavy (non-hydrogen) atoms. The molecule has 0 radical (unpaired) electrons.